The molecule has 15 heavy (non-hydrogen) atoms. The molecule has 0 aromatic carbocycles. The van der Waals surface area contributed by atoms with Crippen LogP contribution in [0.15, 0.2) is 0 Å². The van der Waals surface area contributed by atoms with Crippen LogP contribution < -0.4 is 0 Å². The fourth-order valence-corrected chi connectivity index (χ4v) is 4.79. The smallest absolute Gasteiger partial charge is 0.192 e. The summed E-state index contributed by atoms with van der Waals surface area (Å²) in [5.74, 6) is 0. The Hall–Kier alpha value is 0.137. The topological polar surface area (TPSA) is 29.5 Å². The molecule has 0 heterocycles. The van der Waals surface area contributed by atoms with E-state index in [1.807, 2.05) is 20.8 Å². The monoisotopic (exact) mass is 232 g/mol. The molecule has 0 spiro atoms. The van der Waals surface area contributed by atoms with Crippen molar-refractivity contribution in [2.24, 2.45) is 0 Å². The van der Waals surface area contributed by atoms with E-state index in [0.29, 0.717) is 0 Å². The SMILES string of the molecule is CC[C@](C)(O)[C@H](C)O[Si](CC)(CC)CC. The van der Waals surface area contributed by atoms with Crippen molar-refractivity contribution in [3.63, 3.8) is 0 Å². The van der Waals surface area contributed by atoms with E-state index < -0.39 is 13.9 Å². The Morgan fingerprint density at radius 1 is 1.13 bits per heavy atom. The molecule has 0 radical (unpaired) electrons. The zero-order valence-electron chi connectivity index (χ0n) is 11.3. The number of aliphatic hydroxyl groups is 1. The normalized spacial score (nSPS) is 18.6. The van der Waals surface area contributed by atoms with E-state index >= 15 is 0 Å². The van der Waals surface area contributed by atoms with Crippen LogP contribution in [0.4, 0.5) is 0 Å². The second-order valence-corrected chi connectivity index (χ2v) is 9.44. The lowest BCUT2D eigenvalue weighted by molar-refractivity contribution is -0.0466. The lowest BCUT2D eigenvalue weighted by Gasteiger charge is -2.38. The molecule has 2 nitrogen and oxygen atoms in total. The van der Waals surface area contributed by atoms with Gasteiger partial charge >= 0.3 is 0 Å². The first-order valence-corrected chi connectivity index (χ1v) is 8.80. The Bertz CT molecular complexity index is 168. The van der Waals surface area contributed by atoms with E-state index in [2.05, 4.69) is 20.8 Å². The molecule has 3 heteroatoms. The van der Waals surface area contributed by atoms with Crippen molar-refractivity contribution >= 4 is 8.32 Å². The molecule has 0 aliphatic heterocycles. The van der Waals surface area contributed by atoms with E-state index in [1.165, 1.54) is 0 Å². The van der Waals surface area contributed by atoms with Crippen LogP contribution in [0.3, 0.4) is 0 Å². The quantitative estimate of drug-likeness (QED) is 0.680. The lowest BCUT2D eigenvalue weighted by Crippen LogP contribution is -2.47. The van der Waals surface area contributed by atoms with Crippen LogP contribution >= 0.6 is 0 Å². The highest BCUT2D eigenvalue weighted by Crippen LogP contribution is 2.28. The maximum absolute atomic E-state index is 10.1. The van der Waals surface area contributed by atoms with Gasteiger partial charge in [0.15, 0.2) is 8.32 Å². The molecule has 0 aromatic rings. The fourth-order valence-electron chi connectivity index (χ4n) is 1.79. The summed E-state index contributed by atoms with van der Waals surface area (Å²) in [4.78, 5) is 0. The third kappa shape index (κ3) is 3.89. The highest BCUT2D eigenvalue weighted by Gasteiger charge is 2.36. The van der Waals surface area contributed by atoms with Crippen molar-refractivity contribution in [2.75, 3.05) is 0 Å². The van der Waals surface area contributed by atoms with E-state index in [4.69, 9.17) is 4.43 Å². The summed E-state index contributed by atoms with van der Waals surface area (Å²) in [6.07, 6.45) is 0.699. The largest absolute Gasteiger partial charge is 0.411 e. The fraction of sp³-hybridized carbons (Fsp3) is 1.00. The van der Waals surface area contributed by atoms with Gasteiger partial charge in [0, 0.05) is 0 Å². The van der Waals surface area contributed by atoms with E-state index in [9.17, 15) is 5.11 Å². The molecule has 0 fully saturated rings. The third-order valence-electron chi connectivity index (χ3n) is 3.95. The van der Waals surface area contributed by atoms with Crippen molar-refractivity contribution in [1.82, 2.24) is 0 Å². The second-order valence-electron chi connectivity index (χ2n) is 4.71. The van der Waals surface area contributed by atoms with Crippen LogP contribution in [0.5, 0.6) is 0 Å². The molecular formula is C12H28O2Si. The van der Waals surface area contributed by atoms with Crippen LogP contribution in [0.2, 0.25) is 18.1 Å². The molecule has 0 aromatic heterocycles. The van der Waals surface area contributed by atoms with Crippen molar-refractivity contribution in [3.05, 3.63) is 0 Å². The lowest BCUT2D eigenvalue weighted by atomic mass is 9.98. The van der Waals surface area contributed by atoms with Crippen LogP contribution in [0.1, 0.15) is 48.0 Å². The van der Waals surface area contributed by atoms with E-state index in [1.54, 1.807) is 0 Å². The van der Waals surface area contributed by atoms with E-state index in [0.717, 1.165) is 24.6 Å². The average molecular weight is 232 g/mol. The van der Waals surface area contributed by atoms with Gasteiger partial charge in [-0.2, -0.15) is 0 Å². The van der Waals surface area contributed by atoms with Gasteiger partial charge in [-0.05, 0) is 38.4 Å². The van der Waals surface area contributed by atoms with Gasteiger partial charge in [0.05, 0.1) is 11.7 Å². The molecule has 0 aliphatic rings. The van der Waals surface area contributed by atoms with Gasteiger partial charge in [-0.3, -0.25) is 0 Å². The maximum atomic E-state index is 10.1. The molecule has 2 atom stereocenters. The summed E-state index contributed by atoms with van der Waals surface area (Å²) in [5, 5.41) is 10.1. The average Bonchev–Trinajstić information content (AvgIpc) is 2.25. The molecule has 0 bridgehead atoms. The second kappa shape index (κ2) is 6.02. The molecule has 0 unspecified atom stereocenters. The van der Waals surface area contributed by atoms with Gasteiger partial charge < -0.3 is 9.53 Å². The van der Waals surface area contributed by atoms with Gasteiger partial charge in [0.1, 0.15) is 0 Å². The molecule has 92 valence electrons. The molecule has 0 amide bonds. The van der Waals surface area contributed by atoms with Crippen LogP contribution in [0.25, 0.3) is 0 Å². The minimum Gasteiger partial charge on any atom is -0.411 e. The maximum Gasteiger partial charge on any atom is 0.192 e. The molecular weight excluding hydrogens is 204 g/mol. The predicted molar refractivity (Wildman–Crippen MR) is 68.7 cm³/mol. The van der Waals surface area contributed by atoms with E-state index in [-0.39, 0.29) is 6.10 Å². The number of hydrogen-bond donors (Lipinski definition) is 1. The summed E-state index contributed by atoms with van der Waals surface area (Å²) >= 11 is 0. The minimum atomic E-state index is -1.57. The zero-order valence-corrected chi connectivity index (χ0v) is 12.3. The highest BCUT2D eigenvalue weighted by atomic mass is 28.4. The molecule has 0 saturated carbocycles. The Morgan fingerprint density at radius 2 is 1.53 bits per heavy atom. The van der Waals surface area contributed by atoms with Crippen molar-refractivity contribution in [1.29, 1.82) is 0 Å². The van der Waals surface area contributed by atoms with Gasteiger partial charge in [0.25, 0.3) is 0 Å². The number of hydrogen-bond acceptors (Lipinski definition) is 2. The predicted octanol–water partition coefficient (Wildman–Crippen LogP) is 3.56. The summed E-state index contributed by atoms with van der Waals surface area (Å²) in [6.45, 7) is 12.5. The summed E-state index contributed by atoms with van der Waals surface area (Å²) in [7, 11) is -1.57. The van der Waals surface area contributed by atoms with Crippen LogP contribution in [0, 0.1) is 0 Å². The Morgan fingerprint density at radius 3 is 1.80 bits per heavy atom. The standard InChI is InChI=1S/C12H28O2Si/c1-7-12(6,13)11(5)14-15(8-2,9-3)10-4/h11,13H,7-10H2,1-6H3/t11-,12-/m0/s1. The van der Waals surface area contributed by atoms with Crippen LogP contribution in [-0.2, 0) is 4.43 Å². The van der Waals surface area contributed by atoms with Gasteiger partial charge in [-0.1, -0.05) is 27.7 Å². The van der Waals surface area contributed by atoms with Crippen molar-refractivity contribution in [3.8, 4) is 0 Å². The summed E-state index contributed by atoms with van der Waals surface area (Å²) in [6, 6.07) is 3.43. The summed E-state index contributed by atoms with van der Waals surface area (Å²) < 4.78 is 6.23. The Balaban J connectivity index is 4.54. The van der Waals surface area contributed by atoms with Gasteiger partial charge in [-0.15, -0.1) is 0 Å². The molecule has 1 N–H and O–H groups in total. The third-order valence-corrected chi connectivity index (χ3v) is 8.67. The minimum absolute atomic E-state index is 0.0472. The molecule has 0 aliphatic carbocycles. The Labute approximate surface area is 96.2 Å². The first kappa shape index (κ1) is 15.1. The highest BCUT2D eigenvalue weighted by molar-refractivity contribution is 6.73. The van der Waals surface area contributed by atoms with Gasteiger partial charge in [0.2, 0.25) is 0 Å². The molecule has 0 saturated heterocycles. The van der Waals surface area contributed by atoms with Gasteiger partial charge in [-0.25, -0.2) is 0 Å². The first-order valence-electron chi connectivity index (χ1n) is 6.27. The zero-order chi connectivity index (χ0) is 12.1. The first-order chi connectivity index (χ1) is 6.87. The van der Waals surface area contributed by atoms with Crippen molar-refractivity contribution < 1.29 is 9.53 Å². The number of rotatable bonds is 7. The molecule has 0 rings (SSSR count). The summed E-state index contributed by atoms with van der Waals surface area (Å²) in [5.41, 5.74) is -0.683. The Kier molecular flexibility index (Phi) is 6.07. The van der Waals surface area contributed by atoms with Crippen molar-refractivity contribution in [2.45, 2.75) is 77.8 Å². The van der Waals surface area contributed by atoms with Crippen LogP contribution in [-0.4, -0.2) is 25.1 Å².